The van der Waals surface area contributed by atoms with E-state index in [0.717, 1.165) is 25.6 Å². The lowest BCUT2D eigenvalue weighted by Crippen LogP contribution is -2.40. The molecule has 3 atom stereocenters. The van der Waals surface area contributed by atoms with Crippen LogP contribution in [0.2, 0.25) is 0 Å². The highest BCUT2D eigenvalue weighted by Gasteiger charge is 2.61. The molecule has 112 valence electrons. The maximum Gasteiger partial charge on any atom is 0.0637 e. The van der Waals surface area contributed by atoms with Gasteiger partial charge in [-0.1, -0.05) is 41.5 Å². The van der Waals surface area contributed by atoms with Gasteiger partial charge < -0.3 is 10.1 Å². The van der Waals surface area contributed by atoms with Crippen molar-refractivity contribution in [3.8, 4) is 0 Å². The molecule has 3 unspecified atom stereocenters. The predicted molar refractivity (Wildman–Crippen MR) is 81.3 cm³/mol. The Labute approximate surface area is 119 Å². The molecule has 2 heteroatoms. The van der Waals surface area contributed by atoms with Gasteiger partial charge in [0.1, 0.15) is 0 Å². The Kier molecular flexibility index (Phi) is 4.06. The first-order valence-corrected chi connectivity index (χ1v) is 8.05. The first-order chi connectivity index (χ1) is 8.73. The van der Waals surface area contributed by atoms with Crippen molar-refractivity contribution in [1.29, 1.82) is 0 Å². The molecule has 0 saturated heterocycles. The number of ether oxygens (including phenoxy) is 1. The van der Waals surface area contributed by atoms with Gasteiger partial charge in [-0.15, -0.1) is 0 Å². The van der Waals surface area contributed by atoms with Crippen LogP contribution < -0.4 is 5.32 Å². The zero-order chi connectivity index (χ0) is 14.3. The molecule has 2 aliphatic rings. The fraction of sp³-hybridized carbons (Fsp3) is 1.00. The molecule has 0 radical (unpaired) electrons. The van der Waals surface area contributed by atoms with Crippen LogP contribution in [0.4, 0.5) is 0 Å². The second-order valence-electron chi connectivity index (χ2n) is 8.35. The van der Waals surface area contributed by atoms with Crippen LogP contribution in [-0.4, -0.2) is 25.8 Å². The Morgan fingerprint density at radius 2 is 1.95 bits per heavy atom. The summed E-state index contributed by atoms with van der Waals surface area (Å²) in [7, 11) is 0. The average Bonchev–Trinajstić information content (AvgIpc) is 2.66. The Morgan fingerprint density at radius 1 is 1.26 bits per heavy atom. The van der Waals surface area contributed by atoms with Crippen LogP contribution in [0, 0.1) is 22.2 Å². The van der Waals surface area contributed by atoms with Crippen LogP contribution in [0.5, 0.6) is 0 Å². The minimum Gasteiger partial charge on any atom is -0.377 e. The molecule has 0 spiro atoms. The Balaban J connectivity index is 1.92. The third-order valence-electron chi connectivity index (χ3n) is 6.24. The fourth-order valence-corrected chi connectivity index (χ4v) is 4.22. The van der Waals surface area contributed by atoms with Gasteiger partial charge >= 0.3 is 0 Å². The molecule has 0 heterocycles. The summed E-state index contributed by atoms with van der Waals surface area (Å²) in [4.78, 5) is 0. The summed E-state index contributed by atoms with van der Waals surface area (Å²) in [5, 5.41) is 3.44. The maximum atomic E-state index is 6.40. The molecule has 0 amide bonds. The molecule has 2 rings (SSSR count). The Hall–Kier alpha value is -0.0800. The first-order valence-electron chi connectivity index (χ1n) is 8.05. The maximum absolute atomic E-state index is 6.40. The molecule has 2 bridgehead atoms. The van der Waals surface area contributed by atoms with Crippen LogP contribution in [0.1, 0.15) is 60.8 Å². The lowest BCUT2D eigenvalue weighted by molar-refractivity contribution is -0.0718. The average molecular weight is 267 g/mol. The second kappa shape index (κ2) is 5.04. The topological polar surface area (TPSA) is 21.3 Å². The summed E-state index contributed by atoms with van der Waals surface area (Å²) in [6, 6.07) is 0. The molecule has 1 N–H and O–H groups in total. The van der Waals surface area contributed by atoms with Crippen molar-refractivity contribution in [3.63, 3.8) is 0 Å². The minimum atomic E-state index is 0.234. The van der Waals surface area contributed by atoms with Gasteiger partial charge in [0.25, 0.3) is 0 Å². The Bertz CT molecular complexity index is 323. The molecule has 0 aliphatic heterocycles. The number of hydrogen-bond donors (Lipinski definition) is 1. The van der Waals surface area contributed by atoms with E-state index in [1.165, 1.54) is 19.3 Å². The Morgan fingerprint density at radius 3 is 2.42 bits per heavy atom. The van der Waals surface area contributed by atoms with E-state index in [9.17, 15) is 0 Å². The second-order valence-corrected chi connectivity index (χ2v) is 8.35. The van der Waals surface area contributed by atoms with Gasteiger partial charge in [-0.3, -0.25) is 0 Å². The number of nitrogens with one attached hydrogen (secondary N) is 1. The highest BCUT2D eigenvalue weighted by molar-refractivity contribution is 5.11. The van der Waals surface area contributed by atoms with Crippen molar-refractivity contribution in [2.24, 2.45) is 22.2 Å². The number of hydrogen-bond acceptors (Lipinski definition) is 2. The lowest BCUT2D eigenvalue weighted by atomic mass is 9.70. The van der Waals surface area contributed by atoms with E-state index in [0.29, 0.717) is 16.9 Å². The van der Waals surface area contributed by atoms with Gasteiger partial charge in [0.05, 0.1) is 12.7 Å². The van der Waals surface area contributed by atoms with Crippen LogP contribution in [0.3, 0.4) is 0 Å². The molecule has 2 saturated carbocycles. The molecule has 19 heavy (non-hydrogen) atoms. The summed E-state index contributed by atoms with van der Waals surface area (Å²) >= 11 is 0. The molecule has 0 aromatic rings. The summed E-state index contributed by atoms with van der Waals surface area (Å²) < 4.78 is 6.40. The SMILES string of the molecule is CCNCC(C)(C)COC1CC2CCC1(C)C2(C)C. The minimum absolute atomic E-state index is 0.234. The number of fused-ring (bicyclic) bond motifs is 2. The van der Waals surface area contributed by atoms with Gasteiger partial charge in [0.2, 0.25) is 0 Å². The van der Waals surface area contributed by atoms with E-state index in [1.54, 1.807) is 0 Å². The first kappa shape index (κ1) is 15.3. The monoisotopic (exact) mass is 267 g/mol. The highest BCUT2D eigenvalue weighted by Crippen LogP contribution is 2.66. The van der Waals surface area contributed by atoms with Crippen molar-refractivity contribution in [1.82, 2.24) is 5.32 Å². The van der Waals surface area contributed by atoms with E-state index in [4.69, 9.17) is 4.74 Å². The molecular formula is C17H33NO. The molecule has 2 fully saturated rings. The zero-order valence-electron chi connectivity index (χ0n) is 13.8. The predicted octanol–water partition coefficient (Wildman–Crippen LogP) is 3.85. The third kappa shape index (κ3) is 2.58. The number of rotatable bonds is 6. The van der Waals surface area contributed by atoms with E-state index in [-0.39, 0.29) is 5.41 Å². The van der Waals surface area contributed by atoms with Gasteiger partial charge in [0.15, 0.2) is 0 Å². The summed E-state index contributed by atoms with van der Waals surface area (Å²) in [6.45, 7) is 17.1. The third-order valence-corrected chi connectivity index (χ3v) is 6.24. The van der Waals surface area contributed by atoms with Crippen molar-refractivity contribution in [2.75, 3.05) is 19.7 Å². The quantitative estimate of drug-likeness (QED) is 0.789. The van der Waals surface area contributed by atoms with Crippen LogP contribution in [0.25, 0.3) is 0 Å². The van der Waals surface area contributed by atoms with Gasteiger partial charge in [-0.25, -0.2) is 0 Å². The summed E-state index contributed by atoms with van der Waals surface area (Å²) in [5.41, 5.74) is 1.09. The standard InChI is InChI=1S/C17H33NO/c1-7-18-11-15(2,3)12-19-14-10-13-8-9-17(14,6)16(13,4)5/h13-14,18H,7-12H2,1-6H3. The van der Waals surface area contributed by atoms with Gasteiger partial charge in [0, 0.05) is 12.0 Å². The van der Waals surface area contributed by atoms with Gasteiger partial charge in [-0.2, -0.15) is 0 Å². The van der Waals surface area contributed by atoms with Crippen LogP contribution >= 0.6 is 0 Å². The molecule has 2 aliphatic carbocycles. The van der Waals surface area contributed by atoms with Crippen LogP contribution in [0.15, 0.2) is 0 Å². The smallest absolute Gasteiger partial charge is 0.0637 e. The summed E-state index contributed by atoms with van der Waals surface area (Å²) in [6.07, 6.45) is 4.51. The normalized spacial score (nSPS) is 36.9. The molecular weight excluding hydrogens is 234 g/mol. The molecule has 0 aromatic heterocycles. The van der Waals surface area contributed by atoms with Crippen LogP contribution in [-0.2, 0) is 4.74 Å². The van der Waals surface area contributed by atoms with Crippen molar-refractivity contribution in [2.45, 2.75) is 66.9 Å². The fourth-order valence-electron chi connectivity index (χ4n) is 4.22. The summed E-state index contributed by atoms with van der Waals surface area (Å²) in [5.74, 6) is 0.874. The zero-order valence-corrected chi connectivity index (χ0v) is 13.8. The van der Waals surface area contributed by atoms with E-state index >= 15 is 0 Å². The lowest BCUT2D eigenvalue weighted by Gasteiger charge is -2.40. The largest absolute Gasteiger partial charge is 0.377 e. The highest BCUT2D eigenvalue weighted by atomic mass is 16.5. The van der Waals surface area contributed by atoms with Crippen molar-refractivity contribution < 1.29 is 4.74 Å². The van der Waals surface area contributed by atoms with Crippen molar-refractivity contribution in [3.05, 3.63) is 0 Å². The van der Waals surface area contributed by atoms with E-state index in [1.807, 2.05) is 0 Å². The van der Waals surface area contributed by atoms with Gasteiger partial charge in [-0.05, 0) is 42.6 Å². The van der Waals surface area contributed by atoms with E-state index in [2.05, 4.69) is 46.9 Å². The van der Waals surface area contributed by atoms with Crippen molar-refractivity contribution >= 4 is 0 Å². The van der Waals surface area contributed by atoms with E-state index < -0.39 is 0 Å². The molecule has 2 nitrogen and oxygen atoms in total. The molecule has 0 aromatic carbocycles.